The van der Waals surface area contributed by atoms with E-state index in [0.29, 0.717) is 17.8 Å². The third-order valence-electron chi connectivity index (χ3n) is 4.90. The first-order valence-electron chi connectivity index (χ1n) is 12.5. The molecule has 6 nitrogen and oxygen atoms in total. The topological polar surface area (TPSA) is 74.8 Å². The van der Waals surface area contributed by atoms with Crippen LogP contribution in [0.3, 0.4) is 0 Å². The summed E-state index contributed by atoms with van der Waals surface area (Å²) in [7, 11) is 0. The highest BCUT2D eigenvalue weighted by molar-refractivity contribution is 5.45. The van der Waals surface area contributed by atoms with Crippen molar-refractivity contribution < 1.29 is 0 Å². The summed E-state index contributed by atoms with van der Waals surface area (Å²) in [5, 5.41) is 10.7. The van der Waals surface area contributed by atoms with Gasteiger partial charge in [0.1, 0.15) is 0 Å². The van der Waals surface area contributed by atoms with Crippen molar-refractivity contribution in [2.75, 3.05) is 16.0 Å². The molecule has 0 bridgehead atoms. The Balaban J connectivity index is 3.33. The van der Waals surface area contributed by atoms with Crippen LogP contribution in [0.15, 0.2) is 0 Å². The smallest absolute Gasteiger partial charge is 0.229 e. The van der Waals surface area contributed by atoms with Gasteiger partial charge >= 0.3 is 0 Å². The molecule has 0 unspecified atom stereocenters. The molecular weight excluding hydrogens is 408 g/mol. The van der Waals surface area contributed by atoms with Gasteiger partial charge in [0.05, 0.1) is 0 Å². The number of hydrogen-bond acceptors (Lipinski definition) is 6. The highest BCUT2D eigenvalue weighted by Crippen LogP contribution is 2.33. The zero-order valence-electron chi connectivity index (χ0n) is 24.5. The second kappa shape index (κ2) is 9.58. The molecule has 0 saturated heterocycles. The molecule has 0 aromatic carbocycles. The van der Waals surface area contributed by atoms with Gasteiger partial charge in [-0.2, -0.15) is 15.0 Å². The van der Waals surface area contributed by atoms with E-state index in [1.165, 1.54) is 0 Å². The molecule has 0 aliphatic heterocycles. The van der Waals surface area contributed by atoms with E-state index in [2.05, 4.69) is 120 Å². The van der Waals surface area contributed by atoms with E-state index >= 15 is 0 Å². The summed E-state index contributed by atoms with van der Waals surface area (Å²) in [5.74, 6) is 1.80. The lowest BCUT2D eigenvalue weighted by Gasteiger charge is -2.35. The van der Waals surface area contributed by atoms with Crippen LogP contribution in [0.25, 0.3) is 0 Å². The summed E-state index contributed by atoms with van der Waals surface area (Å²) in [6, 6.07) is 0. The minimum atomic E-state index is -0.157. The van der Waals surface area contributed by atoms with Crippen LogP contribution in [0.1, 0.15) is 123 Å². The first-order chi connectivity index (χ1) is 14.4. The van der Waals surface area contributed by atoms with Gasteiger partial charge in [0.25, 0.3) is 0 Å². The Morgan fingerprint density at radius 1 is 0.394 bits per heavy atom. The Kier molecular flexibility index (Phi) is 8.54. The van der Waals surface area contributed by atoms with Gasteiger partial charge in [0.15, 0.2) is 0 Å². The number of aromatic nitrogens is 3. The van der Waals surface area contributed by atoms with Gasteiger partial charge in [0, 0.05) is 16.6 Å². The minimum Gasteiger partial charge on any atom is -0.349 e. The molecule has 0 atom stereocenters. The summed E-state index contributed by atoms with van der Waals surface area (Å²) in [6.07, 6.45) is 2.97. The summed E-state index contributed by atoms with van der Waals surface area (Å²) in [4.78, 5) is 14.4. The lowest BCUT2D eigenvalue weighted by atomic mass is 9.82. The van der Waals surface area contributed by atoms with Crippen LogP contribution < -0.4 is 16.0 Å². The van der Waals surface area contributed by atoms with Crippen molar-refractivity contribution in [2.24, 2.45) is 16.2 Å². The molecule has 1 rings (SSSR count). The van der Waals surface area contributed by atoms with E-state index in [4.69, 9.17) is 15.0 Å². The Morgan fingerprint density at radius 3 is 0.727 bits per heavy atom. The molecule has 0 saturated carbocycles. The summed E-state index contributed by atoms with van der Waals surface area (Å²) < 4.78 is 0. The first kappa shape index (κ1) is 29.4. The van der Waals surface area contributed by atoms with Crippen LogP contribution in [0.2, 0.25) is 0 Å². The van der Waals surface area contributed by atoms with Gasteiger partial charge in [-0.1, -0.05) is 62.3 Å². The predicted octanol–water partition coefficient (Wildman–Crippen LogP) is 7.75. The second-order valence-corrected chi connectivity index (χ2v) is 15.5. The molecule has 1 aromatic rings. The number of rotatable bonds is 9. The zero-order chi connectivity index (χ0) is 26.1. The van der Waals surface area contributed by atoms with Crippen LogP contribution >= 0.6 is 0 Å². The van der Waals surface area contributed by atoms with Gasteiger partial charge in [-0.3, -0.25) is 0 Å². The van der Waals surface area contributed by atoms with E-state index in [1.54, 1.807) is 0 Å². The monoisotopic (exact) mass is 462 g/mol. The summed E-state index contributed by atoms with van der Waals surface area (Å²) >= 11 is 0. The van der Waals surface area contributed by atoms with E-state index in [1.807, 2.05) is 0 Å². The molecule has 1 aromatic heterocycles. The van der Waals surface area contributed by atoms with Crippen molar-refractivity contribution in [3.05, 3.63) is 0 Å². The molecule has 0 fully saturated rings. The lowest BCUT2D eigenvalue weighted by Crippen LogP contribution is -2.39. The van der Waals surface area contributed by atoms with E-state index in [0.717, 1.165) is 19.3 Å². The van der Waals surface area contributed by atoms with Crippen molar-refractivity contribution in [1.29, 1.82) is 0 Å². The molecular formula is C27H54N6. The molecule has 0 aliphatic rings. The predicted molar refractivity (Wildman–Crippen MR) is 145 cm³/mol. The van der Waals surface area contributed by atoms with E-state index in [-0.39, 0.29) is 32.9 Å². The van der Waals surface area contributed by atoms with E-state index in [9.17, 15) is 0 Å². The number of hydrogen-bond donors (Lipinski definition) is 3. The van der Waals surface area contributed by atoms with Crippen molar-refractivity contribution in [3.8, 4) is 0 Å². The average molecular weight is 463 g/mol. The maximum atomic E-state index is 4.78. The molecule has 6 heteroatoms. The molecule has 3 N–H and O–H groups in total. The lowest BCUT2D eigenvalue weighted by molar-refractivity contribution is 0.300. The number of nitrogens with zero attached hydrogens (tertiary/aromatic N) is 3. The highest BCUT2D eigenvalue weighted by Gasteiger charge is 2.30. The first-order valence-corrected chi connectivity index (χ1v) is 12.5. The van der Waals surface area contributed by atoms with Crippen LogP contribution in [-0.2, 0) is 0 Å². The van der Waals surface area contributed by atoms with Gasteiger partial charge in [-0.25, -0.2) is 0 Å². The van der Waals surface area contributed by atoms with Gasteiger partial charge < -0.3 is 16.0 Å². The number of anilines is 3. The average Bonchev–Trinajstić information content (AvgIpc) is 2.35. The quantitative estimate of drug-likeness (QED) is 0.348. The van der Waals surface area contributed by atoms with Crippen molar-refractivity contribution >= 4 is 17.8 Å². The van der Waals surface area contributed by atoms with Crippen LogP contribution in [0, 0.1) is 16.2 Å². The van der Waals surface area contributed by atoms with Gasteiger partial charge in [-0.15, -0.1) is 0 Å². The van der Waals surface area contributed by atoms with Gasteiger partial charge in [0.2, 0.25) is 17.8 Å². The van der Waals surface area contributed by atoms with Crippen LogP contribution in [-0.4, -0.2) is 31.6 Å². The fourth-order valence-corrected chi connectivity index (χ4v) is 5.56. The third-order valence-corrected chi connectivity index (χ3v) is 4.90. The Morgan fingerprint density at radius 2 is 0.576 bits per heavy atom. The maximum Gasteiger partial charge on any atom is 0.229 e. The Bertz CT molecular complexity index is 656. The zero-order valence-corrected chi connectivity index (χ0v) is 24.5. The van der Waals surface area contributed by atoms with E-state index < -0.39 is 0 Å². The SMILES string of the molecule is CC(C)(C)CC(C)(C)Nc1nc(NC(C)(C)CC(C)(C)C)nc(NC(C)(C)CC(C)(C)C)n1. The molecule has 0 radical (unpaired) electrons. The summed E-state index contributed by atoms with van der Waals surface area (Å²) in [6.45, 7) is 33.5. The molecule has 192 valence electrons. The fourth-order valence-electron chi connectivity index (χ4n) is 5.56. The molecule has 0 amide bonds. The largest absolute Gasteiger partial charge is 0.349 e. The van der Waals surface area contributed by atoms with Crippen molar-refractivity contribution in [3.63, 3.8) is 0 Å². The molecule has 33 heavy (non-hydrogen) atoms. The second-order valence-electron chi connectivity index (χ2n) is 15.5. The highest BCUT2D eigenvalue weighted by atomic mass is 15.3. The maximum absolute atomic E-state index is 4.78. The van der Waals surface area contributed by atoms with Crippen molar-refractivity contribution in [2.45, 2.75) is 140 Å². The molecule has 1 heterocycles. The molecule has 0 aliphatic carbocycles. The minimum absolute atomic E-state index is 0.157. The third kappa shape index (κ3) is 13.0. The fraction of sp³-hybridized carbons (Fsp3) is 0.889. The Hall–Kier alpha value is -1.59. The normalized spacial score (nSPS) is 14.3. The standard InChI is InChI=1S/C27H54N6/c1-22(2,3)16-25(10,11)31-19-28-20(32-26(12,13)17-23(4,5)6)30-21(29-19)33-27(14,15)18-24(7,8)9/h16-18H2,1-15H3,(H3,28,29,30,31,32,33). The number of nitrogens with one attached hydrogen (secondary N) is 3. The summed E-state index contributed by atoms with van der Waals surface area (Å²) in [5.41, 5.74) is 0.0985. The Labute approximate surface area is 204 Å². The van der Waals surface area contributed by atoms with Crippen LogP contribution in [0.5, 0.6) is 0 Å². The van der Waals surface area contributed by atoms with Crippen LogP contribution in [0.4, 0.5) is 17.8 Å². The van der Waals surface area contributed by atoms with Gasteiger partial charge in [-0.05, 0) is 77.0 Å². The molecule has 0 spiro atoms. The van der Waals surface area contributed by atoms with Crippen molar-refractivity contribution in [1.82, 2.24) is 15.0 Å².